The minimum absolute atomic E-state index is 0.0171. The van der Waals surface area contributed by atoms with Gasteiger partial charge in [0.2, 0.25) is 6.43 Å². The molecule has 0 bridgehead atoms. The molecule has 0 nitrogen and oxygen atoms in total. The first-order chi connectivity index (χ1) is 5.37. The molecule has 0 spiro atoms. The van der Waals surface area contributed by atoms with Crippen LogP contribution in [0.5, 0.6) is 0 Å². The van der Waals surface area contributed by atoms with Crippen LogP contribution in [-0.2, 0) is 0 Å². The highest BCUT2D eigenvalue weighted by Gasteiger charge is 2.62. The zero-order valence-electron chi connectivity index (χ0n) is 6.30. The van der Waals surface area contributed by atoms with E-state index >= 15 is 0 Å². The summed E-state index contributed by atoms with van der Waals surface area (Å²) in [7, 11) is 0. The second-order valence-electron chi connectivity index (χ2n) is 3.21. The van der Waals surface area contributed by atoms with Gasteiger partial charge in [-0.1, -0.05) is 0 Å². The van der Waals surface area contributed by atoms with E-state index in [1.165, 1.54) is 0 Å². The second-order valence-corrected chi connectivity index (χ2v) is 3.21. The van der Waals surface area contributed by atoms with E-state index in [9.17, 15) is 22.0 Å². The van der Waals surface area contributed by atoms with Gasteiger partial charge >= 0.3 is 6.18 Å². The van der Waals surface area contributed by atoms with Gasteiger partial charge < -0.3 is 0 Å². The van der Waals surface area contributed by atoms with Crippen LogP contribution >= 0.6 is 0 Å². The molecule has 0 unspecified atom stereocenters. The van der Waals surface area contributed by atoms with E-state index in [0.717, 1.165) is 0 Å². The van der Waals surface area contributed by atoms with Crippen molar-refractivity contribution in [3.8, 4) is 0 Å². The van der Waals surface area contributed by atoms with Crippen molar-refractivity contribution in [3.63, 3.8) is 0 Å². The highest BCUT2D eigenvalue weighted by Crippen LogP contribution is 2.60. The van der Waals surface area contributed by atoms with Crippen LogP contribution in [0.1, 0.15) is 25.7 Å². The van der Waals surface area contributed by atoms with Crippen molar-refractivity contribution in [2.45, 2.75) is 38.3 Å². The molecule has 0 aromatic heterocycles. The maximum Gasteiger partial charge on any atom is 0.394 e. The summed E-state index contributed by atoms with van der Waals surface area (Å²) in [6, 6.07) is 0. The average Bonchev–Trinajstić information content (AvgIpc) is 2.60. The second kappa shape index (κ2) is 2.85. The number of hydrogen-bond donors (Lipinski definition) is 0. The quantitative estimate of drug-likeness (QED) is 0.595. The molecule has 12 heavy (non-hydrogen) atoms. The number of rotatable bonds is 3. The largest absolute Gasteiger partial charge is 0.394 e. The van der Waals surface area contributed by atoms with Crippen molar-refractivity contribution in [1.29, 1.82) is 0 Å². The van der Waals surface area contributed by atoms with Crippen molar-refractivity contribution >= 4 is 0 Å². The summed E-state index contributed by atoms with van der Waals surface area (Å²) in [5, 5.41) is 0. The van der Waals surface area contributed by atoms with Gasteiger partial charge in [0.1, 0.15) is 0 Å². The molecule has 0 heterocycles. The Morgan fingerprint density at radius 2 is 1.67 bits per heavy atom. The van der Waals surface area contributed by atoms with Crippen molar-refractivity contribution in [1.82, 2.24) is 0 Å². The van der Waals surface area contributed by atoms with Gasteiger partial charge in [0.25, 0.3) is 0 Å². The first-order valence-corrected chi connectivity index (χ1v) is 3.72. The van der Waals surface area contributed by atoms with E-state index < -0.39 is 30.9 Å². The summed E-state index contributed by atoms with van der Waals surface area (Å²) in [5.74, 6) is 0. The van der Waals surface area contributed by atoms with Crippen LogP contribution in [0.25, 0.3) is 0 Å². The smallest absolute Gasteiger partial charge is 0.211 e. The average molecular weight is 188 g/mol. The van der Waals surface area contributed by atoms with E-state index in [-0.39, 0.29) is 12.8 Å². The molecular weight excluding hydrogens is 179 g/mol. The molecule has 0 N–H and O–H groups in total. The lowest BCUT2D eigenvalue weighted by molar-refractivity contribution is -0.190. The van der Waals surface area contributed by atoms with E-state index in [1.54, 1.807) is 0 Å². The van der Waals surface area contributed by atoms with Gasteiger partial charge in [-0.15, -0.1) is 0 Å². The molecule has 0 aliphatic heterocycles. The highest BCUT2D eigenvalue weighted by molar-refractivity contribution is 4.98. The Morgan fingerprint density at radius 3 is 1.92 bits per heavy atom. The molecule has 0 saturated heterocycles. The lowest BCUT2D eigenvalue weighted by Gasteiger charge is -2.18. The van der Waals surface area contributed by atoms with Crippen LogP contribution in [-0.4, -0.2) is 12.6 Å². The predicted molar refractivity (Wildman–Crippen MR) is 33.0 cm³/mol. The van der Waals surface area contributed by atoms with Gasteiger partial charge in [-0.3, -0.25) is 0 Å². The monoisotopic (exact) mass is 188 g/mol. The molecule has 1 aliphatic carbocycles. The standard InChI is InChI=1S/C7H9F5/c8-5(9)1-2-6(3-4-6)7(10,11)12/h5H,1-4H2. The maximum atomic E-state index is 12.1. The molecule has 0 atom stereocenters. The van der Waals surface area contributed by atoms with E-state index in [0.29, 0.717) is 0 Å². The Morgan fingerprint density at radius 1 is 1.17 bits per heavy atom. The molecule has 0 amide bonds. The fourth-order valence-electron chi connectivity index (χ4n) is 1.21. The fraction of sp³-hybridized carbons (Fsp3) is 1.00. The summed E-state index contributed by atoms with van der Waals surface area (Å²) in [6.07, 6.45) is -7.94. The summed E-state index contributed by atoms with van der Waals surface area (Å²) in [6.45, 7) is 0. The van der Waals surface area contributed by atoms with E-state index in [1.807, 2.05) is 0 Å². The first-order valence-electron chi connectivity index (χ1n) is 3.72. The van der Waals surface area contributed by atoms with Crippen LogP contribution in [0.2, 0.25) is 0 Å². The van der Waals surface area contributed by atoms with Gasteiger partial charge in [-0.05, 0) is 19.3 Å². The van der Waals surface area contributed by atoms with Crippen LogP contribution < -0.4 is 0 Å². The topological polar surface area (TPSA) is 0 Å². The lowest BCUT2D eigenvalue weighted by atomic mass is 10.00. The normalized spacial score (nSPS) is 21.5. The van der Waals surface area contributed by atoms with Crippen molar-refractivity contribution in [3.05, 3.63) is 0 Å². The molecule has 72 valence electrons. The molecule has 0 aromatic carbocycles. The van der Waals surface area contributed by atoms with Crippen LogP contribution in [0.3, 0.4) is 0 Å². The van der Waals surface area contributed by atoms with Gasteiger partial charge in [0.15, 0.2) is 0 Å². The zero-order valence-corrected chi connectivity index (χ0v) is 6.30. The summed E-state index contributed by atoms with van der Waals surface area (Å²) >= 11 is 0. The molecule has 0 aromatic rings. The van der Waals surface area contributed by atoms with Crippen molar-refractivity contribution in [2.75, 3.05) is 0 Å². The SMILES string of the molecule is FC(F)CCC1(C(F)(F)F)CC1. The zero-order chi connectivity index (χ0) is 9.41. The lowest BCUT2D eigenvalue weighted by Crippen LogP contribution is -2.24. The Bertz CT molecular complexity index is 156. The molecular formula is C7H9F5. The third-order valence-corrected chi connectivity index (χ3v) is 2.30. The van der Waals surface area contributed by atoms with Crippen LogP contribution in [0, 0.1) is 5.41 Å². The Balaban J connectivity index is 2.40. The Hall–Kier alpha value is -0.350. The summed E-state index contributed by atoms with van der Waals surface area (Å²) in [5.41, 5.74) is -1.76. The van der Waals surface area contributed by atoms with Gasteiger partial charge in [-0.25, -0.2) is 8.78 Å². The summed E-state index contributed by atoms with van der Waals surface area (Å²) < 4.78 is 59.5. The minimum Gasteiger partial charge on any atom is -0.211 e. The molecule has 5 heteroatoms. The van der Waals surface area contributed by atoms with Crippen LogP contribution in [0.4, 0.5) is 22.0 Å². The predicted octanol–water partition coefficient (Wildman–Crippen LogP) is 3.37. The third-order valence-electron chi connectivity index (χ3n) is 2.30. The Labute approximate surface area is 66.8 Å². The number of alkyl halides is 5. The van der Waals surface area contributed by atoms with E-state index in [4.69, 9.17) is 0 Å². The minimum atomic E-state index is -4.29. The van der Waals surface area contributed by atoms with Crippen LogP contribution in [0.15, 0.2) is 0 Å². The molecule has 0 radical (unpaired) electrons. The van der Waals surface area contributed by atoms with Gasteiger partial charge in [0.05, 0.1) is 5.41 Å². The third kappa shape index (κ3) is 1.87. The number of hydrogen-bond acceptors (Lipinski definition) is 0. The van der Waals surface area contributed by atoms with Gasteiger partial charge in [0, 0.05) is 6.42 Å². The van der Waals surface area contributed by atoms with E-state index in [2.05, 4.69) is 0 Å². The molecule has 1 rings (SSSR count). The van der Waals surface area contributed by atoms with Gasteiger partial charge in [-0.2, -0.15) is 13.2 Å². The maximum absolute atomic E-state index is 12.1. The first kappa shape index (κ1) is 9.74. The summed E-state index contributed by atoms with van der Waals surface area (Å²) in [4.78, 5) is 0. The fourth-order valence-corrected chi connectivity index (χ4v) is 1.21. The van der Waals surface area contributed by atoms with Crippen molar-refractivity contribution in [2.24, 2.45) is 5.41 Å². The Kier molecular flexibility index (Phi) is 2.31. The molecule has 1 fully saturated rings. The molecule has 1 saturated carbocycles. The highest BCUT2D eigenvalue weighted by atomic mass is 19.4. The molecule has 1 aliphatic rings. The van der Waals surface area contributed by atoms with Crippen molar-refractivity contribution < 1.29 is 22.0 Å². The number of halogens is 5.